The van der Waals surface area contributed by atoms with Gasteiger partial charge >= 0.3 is 18.2 Å². The van der Waals surface area contributed by atoms with Crippen LogP contribution in [0.4, 0.5) is 9.59 Å². The van der Waals surface area contributed by atoms with Crippen LogP contribution in [-0.4, -0.2) is 64.8 Å². The molecule has 0 radical (unpaired) electrons. The van der Waals surface area contributed by atoms with Crippen LogP contribution in [0.5, 0.6) is 0 Å². The summed E-state index contributed by atoms with van der Waals surface area (Å²) in [4.78, 5) is 38.9. The molecular weight excluding hydrogens is 340 g/mol. The number of carboxylic acids is 1. The van der Waals surface area contributed by atoms with Crippen molar-refractivity contribution >= 4 is 18.2 Å². The molecular formula is C18H22N2O6. The summed E-state index contributed by atoms with van der Waals surface area (Å²) in [5.41, 5.74) is 0.822. The Kier molecular flexibility index (Phi) is 5.29. The molecule has 8 heteroatoms. The predicted molar refractivity (Wildman–Crippen MR) is 90.4 cm³/mol. The molecule has 2 fully saturated rings. The van der Waals surface area contributed by atoms with Crippen molar-refractivity contribution in [2.75, 3.05) is 19.7 Å². The standard InChI is InChI=1S/C18H22N2O6/c1-2-25-17(23)19-9-13-8-14(16(21)22)20(15(13)10-19)18(24)26-11-12-6-4-3-5-7-12/h3-7,13-15H,2,8-11H2,1H3,(H,21,22). The second-order valence-corrected chi connectivity index (χ2v) is 6.47. The summed E-state index contributed by atoms with van der Waals surface area (Å²) >= 11 is 0. The van der Waals surface area contributed by atoms with Gasteiger partial charge in [-0.1, -0.05) is 30.3 Å². The lowest BCUT2D eigenvalue weighted by molar-refractivity contribution is -0.142. The van der Waals surface area contributed by atoms with Crippen LogP contribution in [0.3, 0.4) is 0 Å². The first-order valence-corrected chi connectivity index (χ1v) is 8.64. The average Bonchev–Trinajstić information content (AvgIpc) is 3.18. The highest BCUT2D eigenvalue weighted by molar-refractivity contribution is 5.81. The molecule has 0 bridgehead atoms. The van der Waals surface area contributed by atoms with E-state index < -0.39 is 24.2 Å². The molecule has 2 aliphatic heterocycles. The third-order valence-corrected chi connectivity index (χ3v) is 4.85. The van der Waals surface area contributed by atoms with Crippen LogP contribution in [-0.2, 0) is 20.9 Å². The average molecular weight is 362 g/mol. The third kappa shape index (κ3) is 3.58. The van der Waals surface area contributed by atoms with Gasteiger partial charge in [-0.05, 0) is 18.9 Å². The van der Waals surface area contributed by atoms with E-state index in [2.05, 4.69) is 0 Å². The molecule has 3 unspecified atom stereocenters. The first-order chi connectivity index (χ1) is 12.5. The van der Waals surface area contributed by atoms with Gasteiger partial charge in [0.15, 0.2) is 0 Å². The first kappa shape index (κ1) is 18.0. The summed E-state index contributed by atoms with van der Waals surface area (Å²) < 4.78 is 10.3. The second kappa shape index (κ2) is 7.63. The Labute approximate surface area is 151 Å². The minimum absolute atomic E-state index is 0.0709. The number of carbonyl (C=O) groups is 3. The number of aliphatic carboxylic acids is 1. The fourth-order valence-corrected chi connectivity index (χ4v) is 3.67. The van der Waals surface area contributed by atoms with Crippen molar-refractivity contribution in [2.45, 2.75) is 32.0 Å². The molecule has 0 aromatic heterocycles. The minimum atomic E-state index is -1.06. The number of hydrogen-bond donors (Lipinski definition) is 1. The Morgan fingerprint density at radius 2 is 1.85 bits per heavy atom. The molecule has 1 N–H and O–H groups in total. The van der Waals surface area contributed by atoms with Crippen molar-refractivity contribution < 1.29 is 29.0 Å². The Hall–Kier alpha value is -2.77. The largest absolute Gasteiger partial charge is 0.480 e. The SMILES string of the molecule is CCOC(=O)N1CC2CC(C(=O)O)N(C(=O)OCc3ccccc3)C2C1. The summed E-state index contributed by atoms with van der Waals surface area (Å²) in [6.45, 7) is 2.71. The summed E-state index contributed by atoms with van der Waals surface area (Å²) in [6, 6.07) is 7.88. The van der Waals surface area contributed by atoms with E-state index in [1.807, 2.05) is 30.3 Å². The molecule has 0 aliphatic carbocycles. The van der Waals surface area contributed by atoms with E-state index in [-0.39, 0.29) is 31.7 Å². The van der Waals surface area contributed by atoms with Gasteiger partial charge in [0.1, 0.15) is 12.6 Å². The van der Waals surface area contributed by atoms with Gasteiger partial charge < -0.3 is 19.5 Å². The smallest absolute Gasteiger partial charge is 0.411 e. The minimum Gasteiger partial charge on any atom is -0.480 e. The normalized spacial score (nSPS) is 24.3. The molecule has 3 rings (SSSR count). The maximum absolute atomic E-state index is 12.6. The van der Waals surface area contributed by atoms with Crippen LogP contribution in [0.25, 0.3) is 0 Å². The number of likely N-dealkylation sites (tertiary alicyclic amines) is 2. The van der Waals surface area contributed by atoms with Gasteiger partial charge in [0.05, 0.1) is 12.6 Å². The number of carboxylic acid groups (broad SMARTS) is 1. The summed E-state index contributed by atoms with van der Waals surface area (Å²) in [6.07, 6.45) is -0.804. The maximum atomic E-state index is 12.6. The van der Waals surface area contributed by atoms with Crippen LogP contribution in [0.1, 0.15) is 18.9 Å². The van der Waals surface area contributed by atoms with Crippen LogP contribution < -0.4 is 0 Å². The van der Waals surface area contributed by atoms with Gasteiger partial charge in [0.25, 0.3) is 0 Å². The number of fused-ring (bicyclic) bond motifs is 1. The second-order valence-electron chi connectivity index (χ2n) is 6.47. The Balaban J connectivity index is 1.69. The monoisotopic (exact) mass is 362 g/mol. The molecule has 1 aromatic rings. The lowest BCUT2D eigenvalue weighted by atomic mass is 10.0. The highest BCUT2D eigenvalue weighted by atomic mass is 16.6. The molecule has 140 valence electrons. The number of nitrogens with zero attached hydrogens (tertiary/aromatic N) is 2. The number of ether oxygens (including phenoxy) is 2. The topological polar surface area (TPSA) is 96.4 Å². The van der Waals surface area contributed by atoms with Crippen LogP contribution in [0, 0.1) is 5.92 Å². The summed E-state index contributed by atoms with van der Waals surface area (Å²) in [5.74, 6) is -1.15. The molecule has 0 saturated carbocycles. The summed E-state index contributed by atoms with van der Waals surface area (Å²) in [7, 11) is 0. The van der Waals surface area contributed by atoms with Gasteiger partial charge in [0.2, 0.25) is 0 Å². The van der Waals surface area contributed by atoms with Crippen molar-refractivity contribution in [2.24, 2.45) is 5.92 Å². The molecule has 2 aliphatic rings. The molecule has 8 nitrogen and oxygen atoms in total. The van der Waals surface area contributed by atoms with E-state index in [0.717, 1.165) is 5.56 Å². The van der Waals surface area contributed by atoms with Crippen molar-refractivity contribution in [3.8, 4) is 0 Å². The lowest BCUT2D eigenvalue weighted by Gasteiger charge is -2.27. The molecule has 2 amide bonds. The zero-order chi connectivity index (χ0) is 18.7. The molecule has 0 spiro atoms. The molecule has 2 heterocycles. The molecule has 2 saturated heterocycles. The van der Waals surface area contributed by atoms with Gasteiger partial charge in [0, 0.05) is 19.0 Å². The van der Waals surface area contributed by atoms with E-state index in [1.165, 1.54) is 9.80 Å². The van der Waals surface area contributed by atoms with E-state index in [4.69, 9.17) is 9.47 Å². The van der Waals surface area contributed by atoms with Crippen LogP contribution >= 0.6 is 0 Å². The van der Waals surface area contributed by atoms with Gasteiger partial charge in [-0.3, -0.25) is 4.90 Å². The van der Waals surface area contributed by atoms with Crippen molar-refractivity contribution in [1.29, 1.82) is 0 Å². The van der Waals surface area contributed by atoms with E-state index >= 15 is 0 Å². The highest BCUT2D eigenvalue weighted by Gasteiger charge is 2.52. The van der Waals surface area contributed by atoms with E-state index in [1.54, 1.807) is 6.92 Å². The number of carbonyl (C=O) groups excluding carboxylic acids is 2. The first-order valence-electron chi connectivity index (χ1n) is 8.64. The van der Waals surface area contributed by atoms with Crippen LogP contribution in [0.15, 0.2) is 30.3 Å². The van der Waals surface area contributed by atoms with Crippen molar-refractivity contribution in [1.82, 2.24) is 9.80 Å². The van der Waals surface area contributed by atoms with E-state index in [9.17, 15) is 19.5 Å². The number of benzene rings is 1. The highest BCUT2D eigenvalue weighted by Crippen LogP contribution is 2.36. The number of amides is 2. The van der Waals surface area contributed by atoms with Gasteiger partial charge in [-0.25, -0.2) is 14.4 Å². The Morgan fingerprint density at radius 3 is 2.50 bits per heavy atom. The Bertz CT molecular complexity index is 680. The lowest BCUT2D eigenvalue weighted by Crippen LogP contribution is -2.48. The van der Waals surface area contributed by atoms with Gasteiger partial charge in [-0.2, -0.15) is 0 Å². The van der Waals surface area contributed by atoms with Crippen molar-refractivity contribution in [3.05, 3.63) is 35.9 Å². The summed E-state index contributed by atoms with van der Waals surface area (Å²) in [5, 5.41) is 9.48. The molecule has 3 atom stereocenters. The fourth-order valence-electron chi connectivity index (χ4n) is 3.67. The number of hydrogen-bond acceptors (Lipinski definition) is 5. The zero-order valence-corrected chi connectivity index (χ0v) is 14.5. The Morgan fingerprint density at radius 1 is 1.12 bits per heavy atom. The molecule has 26 heavy (non-hydrogen) atoms. The van der Waals surface area contributed by atoms with Gasteiger partial charge in [-0.15, -0.1) is 0 Å². The predicted octanol–water partition coefficient (Wildman–Crippen LogP) is 1.94. The molecule has 1 aromatic carbocycles. The quantitative estimate of drug-likeness (QED) is 0.879. The third-order valence-electron chi connectivity index (χ3n) is 4.85. The van der Waals surface area contributed by atoms with Crippen molar-refractivity contribution in [3.63, 3.8) is 0 Å². The fraction of sp³-hybridized carbons (Fsp3) is 0.500. The maximum Gasteiger partial charge on any atom is 0.411 e. The number of rotatable bonds is 4. The van der Waals surface area contributed by atoms with E-state index in [0.29, 0.717) is 13.0 Å². The van der Waals surface area contributed by atoms with Crippen LogP contribution in [0.2, 0.25) is 0 Å². The zero-order valence-electron chi connectivity index (χ0n) is 14.5.